The van der Waals surface area contributed by atoms with Gasteiger partial charge in [-0.2, -0.15) is 0 Å². The normalized spacial score (nSPS) is 21.9. The number of hydrogen-bond donors (Lipinski definition) is 1. The van der Waals surface area contributed by atoms with Crippen LogP contribution in [0.4, 0.5) is 0 Å². The Kier molecular flexibility index (Phi) is 9.78. The first-order chi connectivity index (χ1) is 12.0. The molecular weight excluding hydrogens is 316 g/mol. The Hall–Kier alpha value is -1.94. The van der Waals surface area contributed by atoms with Gasteiger partial charge in [-0.25, -0.2) is 0 Å². The van der Waals surface area contributed by atoms with Gasteiger partial charge in [0.15, 0.2) is 5.78 Å². The highest BCUT2D eigenvalue weighted by molar-refractivity contribution is 6.09. The van der Waals surface area contributed by atoms with Crippen molar-refractivity contribution >= 4 is 11.8 Å². The van der Waals surface area contributed by atoms with Crippen LogP contribution in [0.2, 0.25) is 0 Å². The first-order valence-electron chi connectivity index (χ1n) is 9.08. The molecule has 0 saturated carbocycles. The second kappa shape index (κ2) is 11.6. The Labute approximate surface area is 151 Å². The van der Waals surface area contributed by atoms with E-state index in [2.05, 4.69) is 17.7 Å². The Morgan fingerprint density at radius 2 is 1.96 bits per heavy atom. The first-order valence-corrected chi connectivity index (χ1v) is 9.08. The van der Waals surface area contributed by atoms with Crippen molar-refractivity contribution in [2.75, 3.05) is 7.11 Å². The highest BCUT2D eigenvalue weighted by atomic mass is 16.5. The van der Waals surface area contributed by atoms with Gasteiger partial charge in [0, 0.05) is 18.4 Å². The van der Waals surface area contributed by atoms with E-state index in [1.807, 2.05) is 12.2 Å². The highest BCUT2D eigenvalue weighted by Crippen LogP contribution is 2.30. The van der Waals surface area contributed by atoms with Gasteiger partial charge in [-0.1, -0.05) is 50.1 Å². The van der Waals surface area contributed by atoms with Gasteiger partial charge in [0.1, 0.15) is 5.60 Å². The van der Waals surface area contributed by atoms with E-state index in [1.165, 1.54) is 26.0 Å². The molecule has 4 nitrogen and oxygen atoms in total. The number of methoxy groups -OCH3 is 1. The zero-order valence-corrected chi connectivity index (χ0v) is 15.4. The lowest BCUT2D eigenvalue weighted by atomic mass is 9.92. The summed E-state index contributed by atoms with van der Waals surface area (Å²) in [4.78, 5) is 23.0. The number of ether oxygens (including phenoxy) is 1. The van der Waals surface area contributed by atoms with Gasteiger partial charge < -0.3 is 9.84 Å². The van der Waals surface area contributed by atoms with Gasteiger partial charge in [0.25, 0.3) is 0 Å². The summed E-state index contributed by atoms with van der Waals surface area (Å²) in [5.74, 6) is -0.372. The number of carbonyl (C=O) groups excluding carboxylic acids is 2. The minimum atomic E-state index is -1.21. The smallest absolute Gasteiger partial charge is 0.305 e. The van der Waals surface area contributed by atoms with Crippen LogP contribution in [-0.4, -0.2) is 29.6 Å². The molecule has 1 aliphatic carbocycles. The molecule has 0 amide bonds. The topological polar surface area (TPSA) is 63.6 Å². The van der Waals surface area contributed by atoms with E-state index in [0.29, 0.717) is 24.8 Å². The number of aliphatic hydroxyl groups is 1. The van der Waals surface area contributed by atoms with E-state index in [-0.39, 0.29) is 11.8 Å². The number of unbranched alkanes of at least 4 members (excludes halogenated alkanes) is 4. The number of carbonyl (C=O) groups is 2. The van der Waals surface area contributed by atoms with Crippen LogP contribution in [0.15, 0.2) is 48.1 Å². The molecular formula is C21H30O4. The Morgan fingerprint density at radius 1 is 1.20 bits per heavy atom. The second-order valence-electron chi connectivity index (χ2n) is 6.27. The molecule has 1 atom stereocenters. The molecule has 0 aromatic rings. The molecule has 0 bridgehead atoms. The summed E-state index contributed by atoms with van der Waals surface area (Å²) < 4.78 is 4.58. The molecule has 0 aromatic carbocycles. The molecule has 0 spiro atoms. The van der Waals surface area contributed by atoms with Crippen molar-refractivity contribution in [3.05, 3.63) is 48.1 Å². The molecule has 0 aliphatic heterocycles. The van der Waals surface area contributed by atoms with Crippen molar-refractivity contribution in [1.29, 1.82) is 0 Å². The molecule has 138 valence electrons. The monoisotopic (exact) mass is 346 g/mol. The Balaban J connectivity index is 2.51. The van der Waals surface area contributed by atoms with Crippen LogP contribution < -0.4 is 0 Å². The zero-order chi connectivity index (χ0) is 18.5. The molecule has 0 fully saturated rings. The average molecular weight is 346 g/mol. The molecule has 0 saturated heterocycles. The Bertz CT molecular complexity index is 554. The fourth-order valence-electron chi connectivity index (χ4n) is 2.63. The maximum atomic E-state index is 12.0. The van der Waals surface area contributed by atoms with Crippen LogP contribution in [0.3, 0.4) is 0 Å². The molecule has 1 aliphatic rings. The number of allylic oxidation sites excluding steroid dienone is 5. The summed E-state index contributed by atoms with van der Waals surface area (Å²) in [5.41, 5.74) is -0.816. The zero-order valence-electron chi connectivity index (χ0n) is 15.4. The minimum Gasteiger partial charge on any atom is -0.469 e. The van der Waals surface area contributed by atoms with E-state index in [4.69, 9.17) is 0 Å². The van der Waals surface area contributed by atoms with Crippen LogP contribution in [0.5, 0.6) is 0 Å². The maximum Gasteiger partial charge on any atom is 0.305 e. The second-order valence-corrected chi connectivity index (χ2v) is 6.27. The SMILES string of the molecule is CCCCC/C=C\CC1(O)C=CC(=O)/C1=C\C=C\CCCC(=O)OC. The fourth-order valence-corrected chi connectivity index (χ4v) is 2.63. The molecule has 0 aromatic heterocycles. The Morgan fingerprint density at radius 3 is 2.68 bits per heavy atom. The van der Waals surface area contributed by atoms with Crippen molar-refractivity contribution in [3.63, 3.8) is 0 Å². The summed E-state index contributed by atoms with van der Waals surface area (Å²) in [6.45, 7) is 2.17. The van der Waals surface area contributed by atoms with E-state index >= 15 is 0 Å². The minimum absolute atomic E-state index is 0.152. The van der Waals surface area contributed by atoms with Gasteiger partial charge in [0.05, 0.1) is 7.11 Å². The third-order valence-corrected chi connectivity index (χ3v) is 4.19. The summed E-state index contributed by atoms with van der Waals surface area (Å²) in [6.07, 6.45) is 19.1. The van der Waals surface area contributed by atoms with Crippen LogP contribution in [0.25, 0.3) is 0 Å². The lowest BCUT2D eigenvalue weighted by molar-refractivity contribution is -0.140. The molecule has 0 heterocycles. The van der Waals surface area contributed by atoms with E-state index in [9.17, 15) is 14.7 Å². The average Bonchev–Trinajstić information content (AvgIpc) is 2.89. The van der Waals surface area contributed by atoms with Gasteiger partial charge in [-0.05, 0) is 37.8 Å². The van der Waals surface area contributed by atoms with E-state index in [1.54, 1.807) is 18.2 Å². The number of ketones is 1. The highest BCUT2D eigenvalue weighted by Gasteiger charge is 2.35. The molecule has 1 rings (SSSR count). The van der Waals surface area contributed by atoms with Gasteiger partial charge in [-0.15, -0.1) is 0 Å². The predicted molar refractivity (Wildman–Crippen MR) is 100 cm³/mol. The van der Waals surface area contributed by atoms with E-state index < -0.39 is 5.60 Å². The van der Waals surface area contributed by atoms with Crippen molar-refractivity contribution in [1.82, 2.24) is 0 Å². The van der Waals surface area contributed by atoms with Gasteiger partial charge in [-0.3, -0.25) is 9.59 Å². The molecule has 1 unspecified atom stereocenters. The van der Waals surface area contributed by atoms with Gasteiger partial charge >= 0.3 is 5.97 Å². The lowest BCUT2D eigenvalue weighted by Gasteiger charge is -2.20. The quantitative estimate of drug-likeness (QED) is 0.263. The third-order valence-electron chi connectivity index (χ3n) is 4.19. The van der Waals surface area contributed by atoms with Crippen LogP contribution in [0, 0.1) is 0 Å². The number of esters is 1. The molecule has 4 heteroatoms. The van der Waals surface area contributed by atoms with Crippen molar-refractivity contribution in [2.45, 2.75) is 63.9 Å². The molecule has 25 heavy (non-hydrogen) atoms. The van der Waals surface area contributed by atoms with Crippen LogP contribution >= 0.6 is 0 Å². The van der Waals surface area contributed by atoms with Crippen LogP contribution in [0.1, 0.15) is 58.3 Å². The first kappa shape index (κ1) is 21.1. The van der Waals surface area contributed by atoms with E-state index in [0.717, 1.165) is 19.3 Å². The number of hydrogen-bond acceptors (Lipinski definition) is 4. The summed E-state index contributed by atoms with van der Waals surface area (Å²) in [5, 5.41) is 10.7. The molecule has 1 N–H and O–H groups in total. The standard InChI is InChI=1S/C21H30O4/c1-3-4-5-6-9-12-16-21(24)17-15-19(22)18(21)13-10-7-8-11-14-20(23)25-2/h7,9-10,12-13,15,17,24H,3-6,8,11,14,16H2,1-2H3/b10-7+,12-9-,18-13+. The fraction of sp³-hybridized carbons (Fsp3) is 0.524. The predicted octanol–water partition coefficient (Wildman–Crippen LogP) is 4.21. The van der Waals surface area contributed by atoms with Crippen LogP contribution in [-0.2, 0) is 14.3 Å². The van der Waals surface area contributed by atoms with Gasteiger partial charge in [0.2, 0.25) is 0 Å². The third kappa shape index (κ3) is 7.65. The lowest BCUT2D eigenvalue weighted by Crippen LogP contribution is -2.27. The molecule has 0 radical (unpaired) electrons. The summed E-state index contributed by atoms with van der Waals surface area (Å²) in [7, 11) is 1.38. The van der Waals surface area contributed by atoms with Crippen molar-refractivity contribution < 1.29 is 19.4 Å². The van der Waals surface area contributed by atoms with Crippen molar-refractivity contribution in [2.24, 2.45) is 0 Å². The van der Waals surface area contributed by atoms with Crippen molar-refractivity contribution in [3.8, 4) is 0 Å². The number of rotatable bonds is 11. The summed E-state index contributed by atoms with van der Waals surface area (Å²) >= 11 is 0. The summed E-state index contributed by atoms with van der Waals surface area (Å²) in [6, 6.07) is 0. The maximum absolute atomic E-state index is 12.0. The largest absolute Gasteiger partial charge is 0.469 e.